The molecule has 7 N–H and O–H groups in total. The zero-order valence-electron chi connectivity index (χ0n) is 35.3. The Morgan fingerprint density at radius 2 is 1.12 bits per heavy atom. The van der Waals surface area contributed by atoms with Crippen LogP contribution >= 0.6 is 0 Å². The molecule has 1 aromatic heterocycles. The van der Waals surface area contributed by atoms with Crippen LogP contribution in [-0.2, 0) is 32.5 Å². The summed E-state index contributed by atoms with van der Waals surface area (Å²) in [7, 11) is 0. The molecule has 64 heavy (non-hydrogen) atoms. The Balaban J connectivity index is 0.841. The van der Waals surface area contributed by atoms with Crippen LogP contribution in [0.3, 0.4) is 0 Å². The number of anilines is 4. The molecule has 0 aliphatic heterocycles. The topological polar surface area (TPSA) is 166 Å². The number of fused-ring (bicyclic) bond motifs is 2. The van der Waals surface area contributed by atoms with Crippen molar-refractivity contribution in [3.8, 4) is 22.3 Å². The summed E-state index contributed by atoms with van der Waals surface area (Å²) in [6.45, 7) is 3.11. The van der Waals surface area contributed by atoms with Crippen molar-refractivity contribution in [2.45, 2.75) is 45.4 Å². The molecule has 11 nitrogen and oxygen atoms in total. The van der Waals surface area contributed by atoms with E-state index in [1.165, 1.54) is 21.3 Å². The van der Waals surface area contributed by atoms with E-state index in [4.69, 9.17) is 11.5 Å². The van der Waals surface area contributed by atoms with Crippen LogP contribution in [0.2, 0.25) is 0 Å². The first-order chi connectivity index (χ1) is 31.1. The molecule has 0 bridgehead atoms. The highest BCUT2D eigenvalue weighted by Crippen LogP contribution is 2.32. The predicted molar refractivity (Wildman–Crippen MR) is 257 cm³/mol. The van der Waals surface area contributed by atoms with Crippen molar-refractivity contribution in [3.63, 3.8) is 0 Å². The monoisotopic (exact) mass is 845 g/mol. The minimum Gasteiger partial charge on any atom is -0.397 e. The smallest absolute Gasteiger partial charge is 0.331 e. The fourth-order valence-electron chi connectivity index (χ4n) is 8.48. The highest BCUT2D eigenvalue weighted by molar-refractivity contribution is 6.07. The van der Waals surface area contributed by atoms with Crippen LogP contribution in [-0.4, -0.2) is 27.0 Å². The Labute approximate surface area is 370 Å². The number of aryl methyl sites for hydroxylation is 1. The van der Waals surface area contributed by atoms with Gasteiger partial charge in [-0.1, -0.05) is 91.0 Å². The van der Waals surface area contributed by atoms with Gasteiger partial charge in [0.05, 0.1) is 40.2 Å². The summed E-state index contributed by atoms with van der Waals surface area (Å²) < 4.78 is 2.79. The lowest BCUT2D eigenvalue weighted by Crippen LogP contribution is -2.40. The average molecular weight is 846 g/mol. The first-order valence-electron chi connectivity index (χ1n) is 21.3. The van der Waals surface area contributed by atoms with Gasteiger partial charge in [0.25, 0.3) is 17.4 Å². The summed E-state index contributed by atoms with van der Waals surface area (Å²) in [6, 6.07) is 49.5. The lowest BCUT2D eigenvalue weighted by molar-refractivity contribution is 0.101. The minimum atomic E-state index is -0.392. The molecule has 0 unspecified atom stereocenters. The molecular formula is C53H47N7O4. The molecule has 318 valence electrons. The van der Waals surface area contributed by atoms with Crippen LogP contribution in [0.4, 0.5) is 22.7 Å². The lowest BCUT2D eigenvalue weighted by atomic mass is 10.0. The van der Waals surface area contributed by atoms with Gasteiger partial charge in [0.2, 0.25) is 0 Å². The van der Waals surface area contributed by atoms with Gasteiger partial charge in [0, 0.05) is 30.3 Å². The van der Waals surface area contributed by atoms with Crippen LogP contribution in [0, 0.1) is 0 Å². The Kier molecular flexibility index (Phi) is 11.5. The third kappa shape index (κ3) is 8.57. The maximum absolute atomic E-state index is 13.5. The van der Waals surface area contributed by atoms with Gasteiger partial charge in [-0.15, -0.1) is 0 Å². The summed E-state index contributed by atoms with van der Waals surface area (Å²) in [5.74, 6) is -0.692. The van der Waals surface area contributed by atoms with Crippen LogP contribution in [0.15, 0.2) is 167 Å². The van der Waals surface area contributed by atoms with Crippen molar-refractivity contribution in [2.75, 3.05) is 22.1 Å². The van der Waals surface area contributed by atoms with Crippen LogP contribution in [0.25, 0.3) is 33.2 Å². The van der Waals surface area contributed by atoms with E-state index in [0.29, 0.717) is 62.9 Å². The minimum absolute atomic E-state index is 0.0558. The normalized spacial score (nSPS) is 12.3. The third-order valence-electron chi connectivity index (χ3n) is 12.0. The average Bonchev–Trinajstić information content (AvgIpc) is 3.75. The van der Waals surface area contributed by atoms with E-state index >= 15 is 0 Å². The number of hydrogen-bond acceptors (Lipinski definition) is 7. The number of nitrogen functional groups attached to an aromatic ring is 2. The van der Waals surface area contributed by atoms with Crippen molar-refractivity contribution in [1.29, 1.82) is 0 Å². The zero-order chi connectivity index (χ0) is 44.3. The summed E-state index contributed by atoms with van der Waals surface area (Å²) >= 11 is 0. The summed E-state index contributed by atoms with van der Waals surface area (Å²) in [5.41, 5.74) is 23.3. The van der Waals surface area contributed by atoms with E-state index in [1.54, 1.807) is 77.4 Å². The highest BCUT2D eigenvalue weighted by Gasteiger charge is 2.20. The first kappa shape index (κ1) is 41.3. The lowest BCUT2D eigenvalue weighted by Gasteiger charge is -2.14. The molecular weight excluding hydrogens is 799 g/mol. The number of para-hydroxylation sites is 1. The Morgan fingerprint density at radius 1 is 0.578 bits per heavy atom. The van der Waals surface area contributed by atoms with Gasteiger partial charge < -0.3 is 27.4 Å². The number of benzene rings is 7. The SMILES string of the molecule is CCn1c(=O)n(Cc2ccc(C(=O)Nc3cc(-c4ccc(N)c(NC(=O)c5ccc(-c6cccc(CNC7Cc8ccccc8C7)c6)cc5)c4)ccc3N)cc2)c(=O)c2ccccc21. The fraction of sp³-hybridized carbons (Fsp3) is 0.132. The number of nitrogens with zero attached hydrogens (tertiary/aromatic N) is 2. The zero-order valence-corrected chi connectivity index (χ0v) is 35.3. The van der Waals surface area contributed by atoms with E-state index in [-0.39, 0.29) is 18.0 Å². The van der Waals surface area contributed by atoms with Crippen molar-refractivity contribution in [3.05, 3.63) is 212 Å². The number of rotatable bonds is 12. The largest absolute Gasteiger partial charge is 0.397 e. The molecule has 2 amide bonds. The van der Waals surface area contributed by atoms with Crippen molar-refractivity contribution in [2.24, 2.45) is 0 Å². The third-order valence-corrected chi connectivity index (χ3v) is 12.0. The maximum Gasteiger partial charge on any atom is 0.331 e. The quantitative estimate of drug-likeness (QED) is 0.0770. The Hall–Kier alpha value is -8.02. The molecule has 1 aliphatic rings. The number of carbonyl (C=O) groups is 2. The molecule has 1 aliphatic carbocycles. The van der Waals surface area contributed by atoms with E-state index in [0.717, 1.165) is 41.6 Å². The van der Waals surface area contributed by atoms with Gasteiger partial charge in [0.15, 0.2) is 0 Å². The number of hydrogen-bond donors (Lipinski definition) is 5. The maximum atomic E-state index is 13.5. The van der Waals surface area contributed by atoms with Crippen LogP contribution in [0.5, 0.6) is 0 Å². The molecule has 11 heteroatoms. The van der Waals surface area contributed by atoms with Crippen molar-refractivity contribution >= 4 is 45.5 Å². The summed E-state index contributed by atoms with van der Waals surface area (Å²) in [4.78, 5) is 53.5. The van der Waals surface area contributed by atoms with Crippen molar-refractivity contribution < 1.29 is 9.59 Å². The van der Waals surface area contributed by atoms with E-state index in [1.807, 2.05) is 43.3 Å². The van der Waals surface area contributed by atoms with E-state index in [2.05, 4.69) is 64.5 Å². The Bertz CT molecular complexity index is 3170. The number of carbonyl (C=O) groups excluding carboxylic acids is 2. The van der Waals surface area contributed by atoms with Gasteiger partial charge in [-0.25, -0.2) is 4.79 Å². The molecule has 9 rings (SSSR count). The second-order valence-corrected chi connectivity index (χ2v) is 16.2. The molecule has 0 fully saturated rings. The number of nitrogens with two attached hydrogens (primary N) is 2. The van der Waals surface area contributed by atoms with Gasteiger partial charge in [-0.05, 0) is 131 Å². The molecule has 0 atom stereocenters. The summed E-state index contributed by atoms with van der Waals surface area (Å²) in [5, 5.41) is 10.1. The molecule has 7 aromatic carbocycles. The van der Waals surface area contributed by atoms with E-state index < -0.39 is 11.6 Å². The summed E-state index contributed by atoms with van der Waals surface area (Å²) in [6.07, 6.45) is 2.09. The predicted octanol–water partition coefficient (Wildman–Crippen LogP) is 8.49. The van der Waals surface area contributed by atoms with Crippen molar-refractivity contribution in [1.82, 2.24) is 14.5 Å². The second-order valence-electron chi connectivity index (χ2n) is 16.2. The molecule has 0 saturated heterocycles. The van der Waals surface area contributed by atoms with Gasteiger partial charge in [0.1, 0.15) is 0 Å². The van der Waals surface area contributed by atoms with Gasteiger partial charge in [-0.2, -0.15) is 0 Å². The first-order valence-corrected chi connectivity index (χ1v) is 21.3. The van der Waals surface area contributed by atoms with Gasteiger partial charge in [-0.3, -0.25) is 23.5 Å². The number of aromatic nitrogens is 2. The van der Waals surface area contributed by atoms with Crippen LogP contribution < -0.4 is 38.7 Å². The standard InChI is InChI=1S/C53H47N7O4/c1-2-59-49-13-6-5-12-44(49)52(63)60(53(59)64)32-33-14-16-36(17-15-33)50(61)57-47-29-41(22-24-45(47)54)42-23-25-46(55)48(30-42)58-51(62)37-20-18-35(19-21-37)38-11-7-8-34(26-38)31-56-43-27-39-9-3-4-10-40(39)28-43/h3-26,29-30,43,56H,2,27-28,31-32,54-55H2,1H3,(H,57,61)(H,58,62). The molecule has 0 radical (unpaired) electrons. The highest BCUT2D eigenvalue weighted by atomic mass is 16.2. The number of amides is 2. The fourth-order valence-corrected chi connectivity index (χ4v) is 8.48. The number of nitrogens with one attached hydrogen (secondary N) is 3. The van der Waals surface area contributed by atoms with Crippen LogP contribution in [0.1, 0.15) is 49.9 Å². The molecule has 0 spiro atoms. The second kappa shape index (κ2) is 17.8. The Morgan fingerprint density at radius 3 is 1.73 bits per heavy atom. The molecule has 1 heterocycles. The van der Waals surface area contributed by atoms with E-state index in [9.17, 15) is 19.2 Å². The molecule has 8 aromatic rings. The van der Waals surface area contributed by atoms with Gasteiger partial charge >= 0.3 is 5.69 Å². The molecule has 0 saturated carbocycles.